The molecule has 0 radical (unpaired) electrons. The molecule has 158 valence electrons. The van der Waals surface area contributed by atoms with E-state index in [2.05, 4.69) is 15.4 Å². The fraction of sp³-hybridized carbons (Fsp3) is 0.350. The number of methoxy groups -OCH3 is 1. The average molecular weight is 420 g/mol. The Labute approximate surface area is 169 Å². The van der Waals surface area contributed by atoms with Crippen molar-refractivity contribution in [1.82, 2.24) is 14.8 Å². The summed E-state index contributed by atoms with van der Waals surface area (Å²) >= 11 is 0. The lowest BCUT2D eigenvalue weighted by molar-refractivity contribution is -0.141. The highest BCUT2D eigenvalue weighted by Crippen LogP contribution is 2.38. The van der Waals surface area contributed by atoms with Crippen molar-refractivity contribution in [2.24, 2.45) is 5.92 Å². The molecule has 1 aliphatic rings. The topological polar surface area (TPSA) is 89.3 Å². The molecule has 3 aromatic rings. The van der Waals surface area contributed by atoms with Gasteiger partial charge in [0.1, 0.15) is 17.1 Å². The molecule has 2 heterocycles. The van der Waals surface area contributed by atoms with Gasteiger partial charge in [-0.1, -0.05) is 6.07 Å². The number of anilines is 1. The monoisotopic (exact) mass is 420 g/mol. The van der Waals surface area contributed by atoms with Crippen LogP contribution in [-0.4, -0.2) is 39.5 Å². The van der Waals surface area contributed by atoms with Crippen molar-refractivity contribution in [3.05, 3.63) is 47.9 Å². The molecule has 0 saturated heterocycles. The minimum Gasteiger partial charge on any atom is -0.494 e. The molecule has 2 N–H and O–H groups in total. The molecular weight excluding hydrogens is 401 g/mol. The summed E-state index contributed by atoms with van der Waals surface area (Å²) in [6, 6.07) is 6.66. The van der Waals surface area contributed by atoms with Gasteiger partial charge in [-0.05, 0) is 37.0 Å². The molecule has 1 saturated carbocycles. The lowest BCUT2D eigenvalue weighted by Gasteiger charge is -2.33. The van der Waals surface area contributed by atoms with Gasteiger partial charge in [0.25, 0.3) is 5.91 Å². The van der Waals surface area contributed by atoms with Gasteiger partial charge in [-0.3, -0.25) is 9.48 Å². The number of aliphatic hydroxyl groups is 1. The Bertz CT molecular complexity index is 1090. The van der Waals surface area contributed by atoms with Crippen molar-refractivity contribution in [3.8, 4) is 5.75 Å². The maximum Gasteiger partial charge on any atom is 0.433 e. The molecule has 1 aliphatic carbocycles. The van der Waals surface area contributed by atoms with Crippen molar-refractivity contribution in [1.29, 1.82) is 0 Å². The number of ether oxygens (including phenoxy) is 1. The first-order chi connectivity index (χ1) is 14.3. The van der Waals surface area contributed by atoms with E-state index in [4.69, 9.17) is 4.74 Å². The number of alkyl halides is 3. The van der Waals surface area contributed by atoms with Crippen LogP contribution < -0.4 is 10.1 Å². The van der Waals surface area contributed by atoms with Crippen LogP contribution in [0.2, 0.25) is 0 Å². The average Bonchev–Trinajstić information content (AvgIpc) is 3.08. The van der Waals surface area contributed by atoms with Gasteiger partial charge in [-0.15, -0.1) is 0 Å². The maximum atomic E-state index is 12.9. The number of fused-ring (bicyclic) bond motifs is 1. The van der Waals surface area contributed by atoms with Crippen LogP contribution in [0.4, 0.5) is 18.9 Å². The smallest absolute Gasteiger partial charge is 0.433 e. The quantitative estimate of drug-likeness (QED) is 0.658. The molecule has 1 amide bonds. The summed E-state index contributed by atoms with van der Waals surface area (Å²) in [6.07, 6.45) is -1.12. The minimum absolute atomic E-state index is 0.158. The van der Waals surface area contributed by atoms with Gasteiger partial charge in [0.2, 0.25) is 0 Å². The molecule has 0 unspecified atom stereocenters. The Balaban J connectivity index is 1.59. The number of carbonyl (C=O) groups is 1. The van der Waals surface area contributed by atoms with Crippen LogP contribution in [0.15, 0.2) is 36.5 Å². The molecular formula is C20H19F3N4O3. The lowest BCUT2D eigenvalue weighted by Crippen LogP contribution is -2.29. The molecule has 4 rings (SSSR count). The molecule has 2 aromatic heterocycles. The van der Waals surface area contributed by atoms with E-state index in [0.717, 1.165) is 30.4 Å². The van der Waals surface area contributed by atoms with Crippen LogP contribution in [-0.2, 0) is 6.18 Å². The van der Waals surface area contributed by atoms with Crippen molar-refractivity contribution in [2.45, 2.75) is 25.1 Å². The molecule has 10 heteroatoms. The van der Waals surface area contributed by atoms with Gasteiger partial charge in [0, 0.05) is 24.3 Å². The summed E-state index contributed by atoms with van der Waals surface area (Å²) in [5.74, 6) is -0.169. The summed E-state index contributed by atoms with van der Waals surface area (Å²) in [5, 5.41) is 17.0. The van der Waals surface area contributed by atoms with Crippen LogP contribution in [0.1, 0.15) is 35.1 Å². The number of hydrogen-bond acceptors (Lipinski definition) is 5. The van der Waals surface area contributed by atoms with E-state index in [1.54, 1.807) is 12.1 Å². The third-order valence-electron chi connectivity index (χ3n) is 5.21. The number of nitrogens with zero attached hydrogens (tertiary/aromatic N) is 3. The summed E-state index contributed by atoms with van der Waals surface area (Å²) in [4.78, 5) is 15.9. The fourth-order valence-corrected chi connectivity index (χ4v) is 3.50. The second kappa shape index (κ2) is 7.60. The number of hydrogen-bond donors (Lipinski definition) is 2. The second-order valence-corrected chi connectivity index (χ2v) is 7.25. The summed E-state index contributed by atoms with van der Waals surface area (Å²) in [6.45, 7) is 0.158. The number of rotatable bonds is 5. The molecule has 30 heavy (non-hydrogen) atoms. The maximum absolute atomic E-state index is 12.9. The molecule has 0 bridgehead atoms. The first kappa shape index (κ1) is 20.1. The number of benzene rings is 1. The molecule has 1 fully saturated rings. The van der Waals surface area contributed by atoms with Crippen molar-refractivity contribution in [2.75, 3.05) is 19.0 Å². The van der Waals surface area contributed by atoms with Gasteiger partial charge in [0.15, 0.2) is 0 Å². The van der Waals surface area contributed by atoms with E-state index in [9.17, 15) is 23.1 Å². The van der Waals surface area contributed by atoms with Crippen LogP contribution in [0.3, 0.4) is 0 Å². The molecule has 0 spiro atoms. The number of halogens is 3. The fourth-order valence-electron chi connectivity index (χ4n) is 3.50. The normalized spacial score (nSPS) is 18.8. The highest BCUT2D eigenvalue weighted by Gasteiger charge is 2.33. The molecule has 7 nitrogen and oxygen atoms in total. The summed E-state index contributed by atoms with van der Waals surface area (Å²) in [5.41, 5.74) is -0.530. The van der Waals surface area contributed by atoms with Gasteiger partial charge in [-0.2, -0.15) is 18.3 Å². The number of amides is 1. The zero-order chi connectivity index (χ0) is 21.5. The van der Waals surface area contributed by atoms with Gasteiger partial charge >= 0.3 is 6.18 Å². The molecule has 0 atom stereocenters. The zero-order valence-electron chi connectivity index (χ0n) is 16.0. The Kier molecular flexibility index (Phi) is 5.10. The summed E-state index contributed by atoms with van der Waals surface area (Å²) < 4.78 is 45.7. The predicted octanol–water partition coefficient (Wildman–Crippen LogP) is 3.65. The van der Waals surface area contributed by atoms with E-state index < -0.39 is 17.8 Å². The predicted molar refractivity (Wildman–Crippen MR) is 102 cm³/mol. The number of aliphatic hydroxyl groups excluding tert-OH is 1. The number of carbonyl (C=O) groups excluding carboxylic acids is 1. The first-order valence-electron chi connectivity index (χ1n) is 9.32. The van der Waals surface area contributed by atoms with E-state index >= 15 is 0 Å². The van der Waals surface area contributed by atoms with E-state index in [-0.39, 0.29) is 24.3 Å². The largest absolute Gasteiger partial charge is 0.494 e. The van der Waals surface area contributed by atoms with Crippen LogP contribution in [0, 0.1) is 5.92 Å². The Morgan fingerprint density at radius 1 is 1.33 bits per heavy atom. The van der Waals surface area contributed by atoms with E-state index in [0.29, 0.717) is 17.0 Å². The highest BCUT2D eigenvalue weighted by molar-refractivity contribution is 6.05. The lowest BCUT2D eigenvalue weighted by atomic mass is 9.81. The first-order valence-corrected chi connectivity index (χ1v) is 9.32. The van der Waals surface area contributed by atoms with Gasteiger partial charge in [0.05, 0.1) is 24.4 Å². The van der Waals surface area contributed by atoms with Gasteiger partial charge < -0.3 is 15.2 Å². The Morgan fingerprint density at radius 3 is 2.77 bits per heavy atom. The van der Waals surface area contributed by atoms with Crippen LogP contribution in [0.5, 0.6) is 5.75 Å². The number of aromatic nitrogens is 3. The SMILES string of the molecule is COc1cc2nn([C@H]3C[C@H](CO)C3)cc2cc1NC(=O)c1cccc(C(F)(F)F)n1. The second-order valence-electron chi connectivity index (χ2n) is 7.25. The standard InChI is InChI=1S/C20H19F3N4O3/c1-30-17-8-15-12(9-27(26-15)13-5-11(6-13)10-28)7-16(17)25-19(29)14-3-2-4-18(24-14)20(21,22)23/h2-4,7-9,11,13,28H,5-6,10H2,1H3,(H,25,29)/t11-,13-. The van der Waals surface area contributed by atoms with Crippen molar-refractivity contribution in [3.63, 3.8) is 0 Å². The van der Waals surface area contributed by atoms with Crippen molar-refractivity contribution >= 4 is 22.5 Å². The zero-order valence-corrected chi connectivity index (χ0v) is 16.0. The number of pyridine rings is 1. The van der Waals surface area contributed by atoms with Crippen LogP contribution in [0.25, 0.3) is 10.9 Å². The summed E-state index contributed by atoms with van der Waals surface area (Å²) in [7, 11) is 1.42. The number of nitrogens with one attached hydrogen (secondary N) is 1. The third-order valence-corrected chi connectivity index (χ3v) is 5.21. The third kappa shape index (κ3) is 3.82. The Morgan fingerprint density at radius 2 is 2.10 bits per heavy atom. The molecule has 1 aromatic carbocycles. The minimum atomic E-state index is -4.64. The van der Waals surface area contributed by atoms with E-state index in [1.807, 2.05) is 10.9 Å². The Hall–Kier alpha value is -3.14. The highest BCUT2D eigenvalue weighted by atomic mass is 19.4. The van der Waals surface area contributed by atoms with Crippen LogP contribution >= 0.6 is 0 Å². The molecule has 0 aliphatic heterocycles. The van der Waals surface area contributed by atoms with Gasteiger partial charge in [-0.25, -0.2) is 4.98 Å². The van der Waals surface area contributed by atoms with E-state index in [1.165, 1.54) is 13.2 Å². The van der Waals surface area contributed by atoms with Crippen molar-refractivity contribution < 1.29 is 27.8 Å².